The van der Waals surface area contributed by atoms with Gasteiger partial charge < -0.3 is 24.3 Å². The van der Waals surface area contributed by atoms with E-state index in [4.69, 9.17) is 18.9 Å². The fourth-order valence-corrected chi connectivity index (χ4v) is 3.10. The molecule has 1 aliphatic carbocycles. The second kappa shape index (κ2) is 8.04. The highest BCUT2D eigenvalue weighted by atomic mass is 16.5. The first kappa shape index (κ1) is 19.3. The molecule has 0 saturated heterocycles. The van der Waals surface area contributed by atoms with E-state index in [0.29, 0.717) is 29.5 Å². The lowest BCUT2D eigenvalue weighted by Crippen LogP contribution is -2.27. The minimum Gasteiger partial charge on any atom is -0.497 e. The third-order valence-electron chi connectivity index (χ3n) is 4.53. The summed E-state index contributed by atoms with van der Waals surface area (Å²) in [5.74, 6) is 1.27. The summed E-state index contributed by atoms with van der Waals surface area (Å²) >= 11 is 0. The van der Waals surface area contributed by atoms with Crippen molar-refractivity contribution in [2.45, 2.75) is 6.54 Å². The number of carbonyl (C=O) groups is 2. The molecule has 7 nitrogen and oxygen atoms in total. The lowest BCUT2D eigenvalue weighted by molar-refractivity contribution is 0.0972. The van der Waals surface area contributed by atoms with Crippen molar-refractivity contribution in [3.63, 3.8) is 0 Å². The fraction of sp³-hybridized carbons (Fsp3) is 0.238. The van der Waals surface area contributed by atoms with Gasteiger partial charge in [-0.05, 0) is 24.3 Å². The molecule has 1 N–H and O–H groups in total. The van der Waals surface area contributed by atoms with E-state index >= 15 is 0 Å². The summed E-state index contributed by atoms with van der Waals surface area (Å²) in [6, 6.07) is 8.60. The van der Waals surface area contributed by atoms with E-state index in [-0.39, 0.29) is 28.4 Å². The number of hydrogen-bond acceptors (Lipinski definition) is 7. The topological polar surface area (TPSA) is 83.1 Å². The highest BCUT2D eigenvalue weighted by Crippen LogP contribution is 2.35. The minimum absolute atomic E-state index is 0.182. The van der Waals surface area contributed by atoms with Crippen molar-refractivity contribution in [2.24, 2.45) is 0 Å². The molecule has 2 aromatic rings. The standard InChI is InChI=1S/C21H21NO6/c1-25-13-6-5-12(18(9-13)28-4)11-22-14-10-15(23)19-16(26-2)7-8-17(27-3)20(19)21(14)24/h5-10,22H,11H2,1-4H3. The molecule has 0 amide bonds. The molecule has 0 spiro atoms. The van der Waals surface area contributed by atoms with Gasteiger partial charge >= 0.3 is 0 Å². The van der Waals surface area contributed by atoms with Gasteiger partial charge in [-0.15, -0.1) is 0 Å². The third-order valence-corrected chi connectivity index (χ3v) is 4.53. The van der Waals surface area contributed by atoms with Gasteiger partial charge in [0, 0.05) is 24.3 Å². The largest absolute Gasteiger partial charge is 0.497 e. The molecule has 0 radical (unpaired) electrons. The highest BCUT2D eigenvalue weighted by Gasteiger charge is 2.32. The van der Waals surface area contributed by atoms with Crippen LogP contribution in [-0.4, -0.2) is 40.0 Å². The fourth-order valence-electron chi connectivity index (χ4n) is 3.10. The van der Waals surface area contributed by atoms with Crippen LogP contribution in [0.15, 0.2) is 42.1 Å². The quantitative estimate of drug-likeness (QED) is 0.787. The van der Waals surface area contributed by atoms with Gasteiger partial charge in [-0.25, -0.2) is 0 Å². The summed E-state index contributed by atoms with van der Waals surface area (Å²) in [7, 11) is 6.03. The van der Waals surface area contributed by atoms with Crippen LogP contribution in [-0.2, 0) is 6.54 Å². The number of methoxy groups -OCH3 is 4. The van der Waals surface area contributed by atoms with Gasteiger partial charge in [0.1, 0.15) is 23.0 Å². The molecule has 7 heteroatoms. The molecule has 1 aliphatic rings. The zero-order valence-corrected chi connectivity index (χ0v) is 16.1. The first-order valence-electron chi connectivity index (χ1n) is 8.54. The van der Waals surface area contributed by atoms with Crippen molar-refractivity contribution in [3.05, 3.63) is 58.8 Å². The Bertz CT molecular complexity index is 964. The predicted molar refractivity (Wildman–Crippen MR) is 103 cm³/mol. The number of ketones is 2. The van der Waals surface area contributed by atoms with Crippen LogP contribution < -0.4 is 24.3 Å². The second-order valence-electron chi connectivity index (χ2n) is 6.00. The van der Waals surface area contributed by atoms with Gasteiger partial charge in [-0.2, -0.15) is 0 Å². The van der Waals surface area contributed by atoms with Gasteiger partial charge in [-0.3, -0.25) is 9.59 Å². The number of ether oxygens (including phenoxy) is 4. The van der Waals surface area contributed by atoms with Crippen molar-refractivity contribution in [2.75, 3.05) is 28.4 Å². The summed E-state index contributed by atoms with van der Waals surface area (Å²) in [5.41, 5.74) is 1.40. The molecule has 0 aliphatic heterocycles. The maximum atomic E-state index is 13.0. The van der Waals surface area contributed by atoms with Crippen LogP contribution >= 0.6 is 0 Å². The molecular weight excluding hydrogens is 362 g/mol. The summed E-state index contributed by atoms with van der Waals surface area (Å²) in [6.07, 6.45) is 1.28. The van der Waals surface area contributed by atoms with E-state index in [1.807, 2.05) is 6.07 Å². The zero-order valence-electron chi connectivity index (χ0n) is 16.1. The summed E-state index contributed by atoms with van der Waals surface area (Å²) < 4.78 is 21.1. The van der Waals surface area contributed by atoms with E-state index in [2.05, 4.69) is 5.32 Å². The average Bonchev–Trinajstić information content (AvgIpc) is 2.73. The lowest BCUT2D eigenvalue weighted by Gasteiger charge is -2.21. The van der Waals surface area contributed by atoms with Crippen molar-refractivity contribution < 1.29 is 28.5 Å². The van der Waals surface area contributed by atoms with Crippen molar-refractivity contribution in [1.82, 2.24) is 5.32 Å². The first-order valence-corrected chi connectivity index (χ1v) is 8.54. The Kier molecular flexibility index (Phi) is 5.54. The number of nitrogens with one attached hydrogen (secondary N) is 1. The number of hydrogen-bond donors (Lipinski definition) is 1. The summed E-state index contributed by atoms with van der Waals surface area (Å²) in [5, 5.41) is 3.03. The zero-order chi connectivity index (χ0) is 20.3. The third kappa shape index (κ3) is 3.38. The summed E-state index contributed by atoms with van der Waals surface area (Å²) in [4.78, 5) is 25.7. The molecule has 0 heterocycles. The van der Waals surface area contributed by atoms with Crippen LogP contribution in [0.5, 0.6) is 23.0 Å². The van der Waals surface area contributed by atoms with E-state index in [0.717, 1.165) is 5.56 Å². The Morgan fingerprint density at radius 3 is 2.04 bits per heavy atom. The van der Waals surface area contributed by atoms with Gasteiger partial charge in [0.2, 0.25) is 5.78 Å². The Labute approximate surface area is 162 Å². The maximum Gasteiger partial charge on any atom is 0.213 e. The normalized spacial score (nSPS) is 12.8. The molecule has 0 saturated carbocycles. The lowest BCUT2D eigenvalue weighted by atomic mass is 9.90. The van der Waals surface area contributed by atoms with Crippen LogP contribution in [0.3, 0.4) is 0 Å². The van der Waals surface area contributed by atoms with Crippen LogP contribution in [0.25, 0.3) is 0 Å². The van der Waals surface area contributed by atoms with Gasteiger partial charge in [0.15, 0.2) is 5.78 Å². The number of fused-ring (bicyclic) bond motifs is 1. The van der Waals surface area contributed by atoms with E-state index in [9.17, 15) is 9.59 Å². The Hall–Kier alpha value is -3.48. The molecule has 0 unspecified atom stereocenters. The van der Waals surface area contributed by atoms with Crippen LogP contribution in [0.4, 0.5) is 0 Å². The van der Waals surface area contributed by atoms with Crippen LogP contribution in [0.2, 0.25) is 0 Å². The van der Waals surface area contributed by atoms with Crippen molar-refractivity contribution in [1.29, 1.82) is 0 Å². The molecule has 0 atom stereocenters. The molecule has 28 heavy (non-hydrogen) atoms. The average molecular weight is 383 g/mol. The maximum absolute atomic E-state index is 13.0. The number of Topliss-reactive ketones (excluding diaryl/α,β-unsaturated/α-hetero) is 1. The van der Waals surface area contributed by atoms with Crippen molar-refractivity contribution >= 4 is 11.6 Å². The second-order valence-corrected chi connectivity index (χ2v) is 6.00. The smallest absolute Gasteiger partial charge is 0.213 e. The van der Waals surface area contributed by atoms with Gasteiger partial charge in [0.05, 0.1) is 45.3 Å². The summed E-state index contributed by atoms with van der Waals surface area (Å²) in [6.45, 7) is 0.291. The minimum atomic E-state index is -0.335. The van der Waals surface area contributed by atoms with Gasteiger partial charge in [-0.1, -0.05) is 0 Å². The number of allylic oxidation sites excluding steroid dienone is 2. The van der Waals surface area contributed by atoms with Crippen LogP contribution in [0.1, 0.15) is 26.3 Å². The molecule has 0 fully saturated rings. The van der Waals surface area contributed by atoms with Gasteiger partial charge in [0.25, 0.3) is 0 Å². The first-order chi connectivity index (χ1) is 13.5. The predicted octanol–water partition coefficient (Wildman–Crippen LogP) is 2.77. The monoisotopic (exact) mass is 383 g/mol. The number of benzene rings is 2. The van der Waals surface area contributed by atoms with E-state index in [1.165, 1.54) is 20.3 Å². The number of rotatable bonds is 7. The van der Waals surface area contributed by atoms with E-state index in [1.54, 1.807) is 38.5 Å². The SMILES string of the molecule is COc1ccc(CNC2=CC(=O)c3c(OC)ccc(OC)c3C2=O)c(OC)c1. The number of carbonyl (C=O) groups excluding carboxylic acids is 2. The highest BCUT2D eigenvalue weighted by molar-refractivity contribution is 6.26. The molecule has 0 aromatic heterocycles. The molecular formula is C21H21NO6. The Morgan fingerprint density at radius 1 is 0.786 bits per heavy atom. The van der Waals surface area contributed by atoms with E-state index < -0.39 is 0 Å². The Morgan fingerprint density at radius 2 is 1.43 bits per heavy atom. The molecule has 2 aromatic carbocycles. The molecule has 3 rings (SSSR count). The molecule has 146 valence electrons. The Balaban J connectivity index is 1.91. The molecule has 0 bridgehead atoms. The van der Waals surface area contributed by atoms with Crippen LogP contribution in [0, 0.1) is 0 Å². The van der Waals surface area contributed by atoms with Crippen molar-refractivity contribution in [3.8, 4) is 23.0 Å².